The molecule has 1 aromatic carbocycles. The van der Waals surface area contributed by atoms with Crippen LogP contribution in [-0.4, -0.2) is 58.5 Å². The van der Waals surface area contributed by atoms with Gasteiger partial charge in [-0.05, 0) is 18.0 Å². The zero-order valence-electron chi connectivity index (χ0n) is 12.6. The van der Waals surface area contributed by atoms with Crippen molar-refractivity contribution < 1.29 is 16.8 Å². The Balaban J connectivity index is 2.14. The highest BCUT2D eigenvalue weighted by molar-refractivity contribution is 7.93. The molecule has 1 heterocycles. The summed E-state index contributed by atoms with van der Waals surface area (Å²) < 4.78 is 48.5. The molecule has 2 atom stereocenters. The van der Waals surface area contributed by atoms with Crippen molar-refractivity contribution in [3.05, 3.63) is 35.9 Å². The van der Waals surface area contributed by atoms with Crippen LogP contribution in [0.2, 0.25) is 0 Å². The summed E-state index contributed by atoms with van der Waals surface area (Å²) in [5.41, 5.74) is 6.86. The Morgan fingerprint density at radius 2 is 1.73 bits per heavy atom. The van der Waals surface area contributed by atoms with E-state index in [0.717, 1.165) is 11.8 Å². The minimum absolute atomic E-state index is 0.0513. The Labute approximate surface area is 132 Å². The van der Waals surface area contributed by atoms with Gasteiger partial charge in [-0.15, -0.1) is 0 Å². The largest absolute Gasteiger partial charge is 0.330 e. The quantitative estimate of drug-likeness (QED) is 0.784. The molecular formula is C14H22N2O4S2. The topological polar surface area (TPSA) is 97.5 Å². The lowest BCUT2D eigenvalue weighted by atomic mass is 9.89. The molecule has 0 bridgehead atoms. The van der Waals surface area contributed by atoms with Gasteiger partial charge in [0, 0.05) is 25.3 Å². The Morgan fingerprint density at radius 3 is 2.27 bits per heavy atom. The van der Waals surface area contributed by atoms with E-state index in [4.69, 9.17) is 5.73 Å². The number of sulfone groups is 1. The summed E-state index contributed by atoms with van der Waals surface area (Å²) in [6.45, 7) is 1.11. The normalized spacial score (nSPS) is 23.7. The maximum Gasteiger partial charge on any atom is 0.215 e. The van der Waals surface area contributed by atoms with Gasteiger partial charge in [0.05, 0.1) is 11.5 Å². The van der Waals surface area contributed by atoms with Crippen LogP contribution in [0.3, 0.4) is 0 Å². The van der Waals surface area contributed by atoms with E-state index in [9.17, 15) is 16.8 Å². The summed E-state index contributed by atoms with van der Waals surface area (Å²) in [6.07, 6.45) is 1.04. The van der Waals surface area contributed by atoms with E-state index in [1.165, 1.54) is 4.31 Å². The number of rotatable bonds is 6. The number of hydrogen-bond donors (Lipinski definition) is 1. The standard InChI is InChI=1S/C14H22N2O4S2/c1-21(17,18)7-8-22(19,20)16-10-13(9-15)14(11-16)12-5-3-2-4-6-12/h2-6,13-14H,7-11,15H2,1H3/t13-,14+/m1/s1. The van der Waals surface area contributed by atoms with Crippen LogP contribution in [0.4, 0.5) is 0 Å². The van der Waals surface area contributed by atoms with Crippen LogP contribution < -0.4 is 5.73 Å². The highest BCUT2D eigenvalue weighted by atomic mass is 32.2. The molecule has 2 rings (SSSR count). The lowest BCUT2D eigenvalue weighted by Crippen LogP contribution is -2.34. The van der Waals surface area contributed by atoms with Crippen LogP contribution in [0, 0.1) is 5.92 Å². The molecular weight excluding hydrogens is 324 g/mol. The van der Waals surface area contributed by atoms with Crippen LogP contribution in [0.25, 0.3) is 0 Å². The first-order chi connectivity index (χ1) is 10.2. The van der Waals surface area contributed by atoms with E-state index in [-0.39, 0.29) is 23.3 Å². The lowest BCUT2D eigenvalue weighted by Gasteiger charge is -2.16. The monoisotopic (exact) mass is 346 g/mol. The number of nitrogens with zero attached hydrogens (tertiary/aromatic N) is 1. The average molecular weight is 346 g/mol. The first-order valence-corrected chi connectivity index (χ1v) is 10.8. The molecule has 0 unspecified atom stereocenters. The van der Waals surface area contributed by atoms with Gasteiger partial charge < -0.3 is 5.73 Å². The zero-order valence-corrected chi connectivity index (χ0v) is 14.2. The van der Waals surface area contributed by atoms with Gasteiger partial charge in [0.2, 0.25) is 10.0 Å². The molecule has 124 valence electrons. The van der Waals surface area contributed by atoms with E-state index < -0.39 is 19.9 Å². The van der Waals surface area contributed by atoms with Crippen molar-refractivity contribution in [1.82, 2.24) is 4.31 Å². The molecule has 1 fully saturated rings. The minimum Gasteiger partial charge on any atom is -0.330 e. The summed E-state index contributed by atoms with van der Waals surface area (Å²) in [7, 11) is -6.88. The van der Waals surface area contributed by atoms with Gasteiger partial charge in [-0.1, -0.05) is 30.3 Å². The zero-order chi connectivity index (χ0) is 16.4. The van der Waals surface area contributed by atoms with Crippen molar-refractivity contribution in [3.63, 3.8) is 0 Å². The Bertz CT molecular complexity index is 702. The van der Waals surface area contributed by atoms with Gasteiger partial charge in [-0.25, -0.2) is 21.1 Å². The summed E-state index contributed by atoms with van der Waals surface area (Å²) >= 11 is 0. The van der Waals surface area contributed by atoms with Gasteiger partial charge >= 0.3 is 0 Å². The molecule has 1 aliphatic heterocycles. The number of benzene rings is 1. The fourth-order valence-electron chi connectivity index (χ4n) is 2.76. The van der Waals surface area contributed by atoms with Crippen molar-refractivity contribution in [2.24, 2.45) is 11.7 Å². The second-order valence-electron chi connectivity index (χ2n) is 5.78. The van der Waals surface area contributed by atoms with E-state index >= 15 is 0 Å². The van der Waals surface area contributed by atoms with Gasteiger partial charge in [-0.2, -0.15) is 0 Å². The molecule has 1 aliphatic rings. The van der Waals surface area contributed by atoms with Crippen LogP contribution in [-0.2, 0) is 19.9 Å². The maximum absolute atomic E-state index is 12.3. The molecule has 0 amide bonds. The summed E-state index contributed by atoms with van der Waals surface area (Å²) in [6, 6.07) is 9.70. The Morgan fingerprint density at radius 1 is 1.09 bits per heavy atom. The molecule has 0 spiro atoms. The fourth-order valence-corrected chi connectivity index (χ4v) is 5.88. The molecule has 1 saturated heterocycles. The Hall–Kier alpha value is -0.960. The summed E-state index contributed by atoms with van der Waals surface area (Å²) in [5, 5.41) is 0. The van der Waals surface area contributed by atoms with Gasteiger partial charge in [0.1, 0.15) is 9.84 Å². The molecule has 0 aliphatic carbocycles. The summed E-state index contributed by atoms with van der Waals surface area (Å²) in [4.78, 5) is 0. The average Bonchev–Trinajstić information content (AvgIpc) is 2.90. The molecule has 2 N–H and O–H groups in total. The summed E-state index contributed by atoms with van der Waals surface area (Å²) in [5.74, 6) is -0.616. The maximum atomic E-state index is 12.3. The molecule has 22 heavy (non-hydrogen) atoms. The second kappa shape index (κ2) is 6.66. The number of hydrogen-bond acceptors (Lipinski definition) is 5. The van der Waals surface area contributed by atoms with Gasteiger partial charge in [0.15, 0.2) is 0 Å². The Kier molecular flexibility index (Phi) is 5.26. The molecule has 8 heteroatoms. The van der Waals surface area contributed by atoms with Gasteiger partial charge in [0.25, 0.3) is 0 Å². The molecule has 0 radical (unpaired) electrons. The second-order valence-corrected chi connectivity index (χ2v) is 10.1. The molecule has 6 nitrogen and oxygen atoms in total. The predicted molar refractivity (Wildman–Crippen MR) is 86.8 cm³/mol. The van der Waals surface area contributed by atoms with E-state index in [1.807, 2.05) is 30.3 Å². The highest BCUT2D eigenvalue weighted by Gasteiger charge is 2.38. The van der Waals surface area contributed by atoms with Crippen molar-refractivity contribution in [3.8, 4) is 0 Å². The van der Waals surface area contributed by atoms with Gasteiger partial charge in [-0.3, -0.25) is 0 Å². The van der Waals surface area contributed by atoms with Crippen molar-refractivity contribution in [2.45, 2.75) is 5.92 Å². The van der Waals surface area contributed by atoms with Crippen LogP contribution in [0.1, 0.15) is 11.5 Å². The molecule has 0 saturated carbocycles. The fraction of sp³-hybridized carbons (Fsp3) is 0.571. The molecule has 1 aromatic rings. The van der Waals surface area contributed by atoms with E-state index in [0.29, 0.717) is 19.6 Å². The molecule has 0 aromatic heterocycles. The van der Waals surface area contributed by atoms with Crippen LogP contribution in [0.15, 0.2) is 30.3 Å². The first-order valence-electron chi connectivity index (χ1n) is 7.13. The van der Waals surface area contributed by atoms with Crippen molar-refractivity contribution >= 4 is 19.9 Å². The van der Waals surface area contributed by atoms with Crippen LogP contribution in [0.5, 0.6) is 0 Å². The third kappa shape index (κ3) is 4.28. The smallest absolute Gasteiger partial charge is 0.215 e. The van der Waals surface area contributed by atoms with Crippen LogP contribution >= 0.6 is 0 Å². The lowest BCUT2D eigenvalue weighted by molar-refractivity contribution is 0.459. The third-order valence-electron chi connectivity index (χ3n) is 4.04. The van der Waals surface area contributed by atoms with Crippen molar-refractivity contribution in [2.75, 3.05) is 37.4 Å². The SMILES string of the molecule is CS(=O)(=O)CCS(=O)(=O)N1C[C@@H](CN)[C@H](c2ccccc2)C1. The van der Waals surface area contributed by atoms with E-state index in [2.05, 4.69) is 0 Å². The highest BCUT2D eigenvalue weighted by Crippen LogP contribution is 2.33. The number of nitrogens with two attached hydrogens (primary N) is 1. The predicted octanol–water partition coefficient (Wildman–Crippen LogP) is 0.0351. The van der Waals surface area contributed by atoms with Crippen molar-refractivity contribution in [1.29, 1.82) is 0 Å². The van der Waals surface area contributed by atoms with E-state index in [1.54, 1.807) is 0 Å². The minimum atomic E-state index is -3.58. The first kappa shape index (κ1) is 17.4. The third-order valence-corrected chi connectivity index (χ3v) is 7.05. The number of sulfonamides is 1.